The Balaban J connectivity index is 2.83. The van der Waals surface area contributed by atoms with Gasteiger partial charge in [0.15, 0.2) is 0 Å². The quantitative estimate of drug-likeness (QED) is 0.905. The average Bonchev–Trinajstić information content (AvgIpc) is 2.20. The second-order valence-corrected chi connectivity index (χ2v) is 4.47. The SMILES string of the molecule is CC(CC(=O)O)N(C)c1ccc(Cl)c(Cl)c1. The van der Waals surface area contributed by atoms with Crippen LogP contribution < -0.4 is 4.90 Å². The van der Waals surface area contributed by atoms with Crippen LogP contribution in [0.5, 0.6) is 0 Å². The van der Waals surface area contributed by atoms with Gasteiger partial charge in [-0.1, -0.05) is 23.2 Å². The van der Waals surface area contributed by atoms with Gasteiger partial charge in [0, 0.05) is 18.8 Å². The van der Waals surface area contributed by atoms with Gasteiger partial charge in [-0.15, -0.1) is 0 Å². The van der Waals surface area contributed by atoms with E-state index in [9.17, 15) is 4.79 Å². The molecule has 0 saturated heterocycles. The van der Waals surface area contributed by atoms with E-state index in [2.05, 4.69) is 0 Å². The van der Waals surface area contributed by atoms with Crippen LogP contribution in [-0.2, 0) is 4.79 Å². The van der Waals surface area contributed by atoms with E-state index < -0.39 is 5.97 Å². The fourth-order valence-electron chi connectivity index (χ4n) is 1.35. The third-order valence-corrected chi connectivity index (χ3v) is 3.18. The van der Waals surface area contributed by atoms with Crippen molar-refractivity contribution in [2.45, 2.75) is 19.4 Å². The van der Waals surface area contributed by atoms with Crippen LogP contribution in [0.1, 0.15) is 13.3 Å². The van der Waals surface area contributed by atoms with Crippen LogP contribution in [0.4, 0.5) is 5.69 Å². The Hall–Kier alpha value is -0.930. The number of rotatable bonds is 4. The van der Waals surface area contributed by atoms with Gasteiger partial charge in [-0.2, -0.15) is 0 Å². The van der Waals surface area contributed by atoms with Crippen LogP contribution in [0.2, 0.25) is 10.0 Å². The van der Waals surface area contributed by atoms with E-state index in [0.717, 1.165) is 5.69 Å². The van der Waals surface area contributed by atoms with Crippen molar-refractivity contribution in [1.82, 2.24) is 0 Å². The molecule has 1 unspecified atom stereocenters. The third kappa shape index (κ3) is 3.29. The summed E-state index contributed by atoms with van der Waals surface area (Å²) in [6.45, 7) is 1.84. The van der Waals surface area contributed by atoms with E-state index in [1.165, 1.54) is 0 Å². The molecule has 88 valence electrons. The lowest BCUT2D eigenvalue weighted by molar-refractivity contribution is -0.137. The number of carboxylic acid groups (broad SMARTS) is 1. The molecular formula is C11H13Cl2NO2. The highest BCUT2D eigenvalue weighted by Gasteiger charge is 2.14. The summed E-state index contributed by atoms with van der Waals surface area (Å²) in [6, 6.07) is 5.13. The first-order valence-electron chi connectivity index (χ1n) is 4.81. The molecule has 1 N–H and O–H groups in total. The Morgan fingerprint density at radius 1 is 1.44 bits per heavy atom. The number of carbonyl (C=O) groups is 1. The van der Waals surface area contributed by atoms with Gasteiger partial charge in [0.05, 0.1) is 16.5 Å². The topological polar surface area (TPSA) is 40.5 Å². The number of aliphatic carboxylic acids is 1. The Labute approximate surface area is 105 Å². The summed E-state index contributed by atoms with van der Waals surface area (Å²) in [6.07, 6.45) is 0.0801. The lowest BCUT2D eigenvalue weighted by Crippen LogP contribution is -2.30. The maximum absolute atomic E-state index is 10.6. The van der Waals surface area contributed by atoms with Crippen molar-refractivity contribution in [2.24, 2.45) is 0 Å². The van der Waals surface area contributed by atoms with E-state index >= 15 is 0 Å². The molecule has 0 saturated carbocycles. The molecule has 0 spiro atoms. The zero-order valence-electron chi connectivity index (χ0n) is 9.08. The second kappa shape index (κ2) is 5.41. The van der Waals surface area contributed by atoms with Crippen molar-refractivity contribution in [3.8, 4) is 0 Å². The summed E-state index contributed by atoms with van der Waals surface area (Å²) in [5.41, 5.74) is 0.850. The number of nitrogens with zero attached hydrogens (tertiary/aromatic N) is 1. The van der Waals surface area contributed by atoms with E-state index in [1.807, 2.05) is 24.9 Å². The van der Waals surface area contributed by atoms with Crippen LogP contribution in [-0.4, -0.2) is 24.2 Å². The molecule has 5 heteroatoms. The van der Waals surface area contributed by atoms with Crippen molar-refractivity contribution in [3.63, 3.8) is 0 Å². The summed E-state index contributed by atoms with van der Waals surface area (Å²) in [5.74, 6) is -0.820. The molecule has 0 aliphatic rings. The number of benzene rings is 1. The van der Waals surface area contributed by atoms with Crippen LogP contribution >= 0.6 is 23.2 Å². The molecule has 0 aromatic heterocycles. The molecule has 0 aliphatic heterocycles. The van der Waals surface area contributed by atoms with Crippen molar-refractivity contribution in [2.75, 3.05) is 11.9 Å². The van der Waals surface area contributed by atoms with Gasteiger partial charge in [-0.3, -0.25) is 4.79 Å². The average molecular weight is 262 g/mol. The second-order valence-electron chi connectivity index (χ2n) is 3.66. The summed E-state index contributed by atoms with van der Waals surface area (Å²) in [4.78, 5) is 12.5. The zero-order chi connectivity index (χ0) is 12.3. The lowest BCUT2D eigenvalue weighted by atomic mass is 10.2. The van der Waals surface area contributed by atoms with Gasteiger partial charge in [0.1, 0.15) is 0 Å². The Morgan fingerprint density at radius 3 is 2.56 bits per heavy atom. The first-order valence-corrected chi connectivity index (χ1v) is 5.57. The molecule has 0 bridgehead atoms. The van der Waals surface area contributed by atoms with E-state index in [-0.39, 0.29) is 12.5 Å². The Morgan fingerprint density at radius 2 is 2.06 bits per heavy atom. The van der Waals surface area contributed by atoms with E-state index in [0.29, 0.717) is 10.0 Å². The summed E-state index contributed by atoms with van der Waals surface area (Å²) >= 11 is 11.7. The van der Waals surface area contributed by atoms with Crippen LogP contribution in [0.15, 0.2) is 18.2 Å². The van der Waals surface area contributed by atoms with Crippen molar-refractivity contribution in [1.29, 1.82) is 0 Å². The fraction of sp³-hybridized carbons (Fsp3) is 0.364. The number of hydrogen-bond acceptors (Lipinski definition) is 2. The Kier molecular flexibility index (Phi) is 4.44. The minimum atomic E-state index is -0.820. The van der Waals surface area contributed by atoms with Gasteiger partial charge in [0.2, 0.25) is 0 Å². The third-order valence-electron chi connectivity index (χ3n) is 2.44. The van der Waals surface area contributed by atoms with E-state index in [1.54, 1.807) is 12.1 Å². The first-order chi connectivity index (χ1) is 7.41. The molecule has 1 aromatic rings. The van der Waals surface area contributed by atoms with Gasteiger partial charge >= 0.3 is 5.97 Å². The van der Waals surface area contributed by atoms with Crippen molar-refractivity contribution < 1.29 is 9.90 Å². The number of carboxylic acids is 1. The summed E-state index contributed by atoms with van der Waals surface area (Å²) in [7, 11) is 1.83. The molecule has 16 heavy (non-hydrogen) atoms. The highest BCUT2D eigenvalue weighted by molar-refractivity contribution is 6.42. The number of hydrogen-bond donors (Lipinski definition) is 1. The first kappa shape index (κ1) is 13.1. The summed E-state index contributed by atoms with van der Waals surface area (Å²) in [5, 5.41) is 9.66. The van der Waals surface area contributed by atoms with Crippen LogP contribution in [0.3, 0.4) is 0 Å². The predicted octanol–water partition coefficient (Wildman–Crippen LogP) is 3.29. The van der Waals surface area contributed by atoms with Gasteiger partial charge < -0.3 is 10.0 Å². The highest BCUT2D eigenvalue weighted by Crippen LogP contribution is 2.27. The van der Waals surface area contributed by atoms with Crippen molar-refractivity contribution in [3.05, 3.63) is 28.2 Å². The molecule has 0 fully saturated rings. The number of halogens is 2. The minimum absolute atomic E-state index is 0.0801. The highest BCUT2D eigenvalue weighted by atomic mass is 35.5. The summed E-state index contributed by atoms with van der Waals surface area (Å²) < 4.78 is 0. The smallest absolute Gasteiger partial charge is 0.305 e. The van der Waals surface area contributed by atoms with Gasteiger partial charge in [-0.25, -0.2) is 0 Å². The zero-order valence-corrected chi connectivity index (χ0v) is 10.6. The normalized spacial score (nSPS) is 12.2. The van der Waals surface area contributed by atoms with Gasteiger partial charge in [0.25, 0.3) is 0 Å². The molecular weight excluding hydrogens is 249 g/mol. The lowest BCUT2D eigenvalue weighted by Gasteiger charge is -2.26. The largest absolute Gasteiger partial charge is 0.481 e. The molecule has 1 rings (SSSR count). The number of anilines is 1. The van der Waals surface area contributed by atoms with Crippen molar-refractivity contribution >= 4 is 34.9 Å². The molecule has 3 nitrogen and oxygen atoms in total. The minimum Gasteiger partial charge on any atom is -0.481 e. The standard InChI is InChI=1S/C11H13Cl2NO2/c1-7(5-11(15)16)14(2)8-3-4-9(12)10(13)6-8/h3-4,6-7H,5H2,1-2H3,(H,15,16). The van der Waals surface area contributed by atoms with Gasteiger partial charge in [-0.05, 0) is 25.1 Å². The molecule has 0 amide bonds. The van der Waals surface area contributed by atoms with Crippen LogP contribution in [0, 0.1) is 0 Å². The molecule has 1 aromatic carbocycles. The molecule has 0 heterocycles. The predicted molar refractivity (Wildman–Crippen MR) is 66.6 cm³/mol. The Bertz CT molecular complexity index is 396. The molecule has 0 aliphatic carbocycles. The molecule has 0 radical (unpaired) electrons. The van der Waals surface area contributed by atoms with E-state index in [4.69, 9.17) is 28.3 Å². The monoisotopic (exact) mass is 261 g/mol. The maximum Gasteiger partial charge on any atom is 0.305 e. The molecule has 1 atom stereocenters. The van der Waals surface area contributed by atoms with Crippen LogP contribution in [0.25, 0.3) is 0 Å². The fourth-order valence-corrected chi connectivity index (χ4v) is 1.64. The maximum atomic E-state index is 10.6.